The van der Waals surface area contributed by atoms with Gasteiger partial charge in [-0.25, -0.2) is 0 Å². The highest BCUT2D eigenvalue weighted by Gasteiger charge is 2.14. The molecule has 1 aliphatic heterocycles. The van der Waals surface area contributed by atoms with Gasteiger partial charge in [0.1, 0.15) is 0 Å². The van der Waals surface area contributed by atoms with E-state index in [0.717, 1.165) is 32.5 Å². The van der Waals surface area contributed by atoms with Crippen LogP contribution < -0.4 is 0 Å². The van der Waals surface area contributed by atoms with Crippen LogP contribution >= 0.6 is 0 Å². The summed E-state index contributed by atoms with van der Waals surface area (Å²) in [5.41, 5.74) is 0.640. The minimum atomic E-state index is 0.545. The van der Waals surface area contributed by atoms with Crippen molar-refractivity contribution in [2.45, 2.75) is 19.4 Å². The number of carbonyl (C=O) groups excluding carboxylic acids is 1. The lowest BCUT2D eigenvalue weighted by molar-refractivity contribution is 0.0470. The van der Waals surface area contributed by atoms with Crippen LogP contribution in [0.4, 0.5) is 0 Å². The molecule has 0 spiro atoms. The second kappa shape index (κ2) is 4.37. The molecular formula is C10H14N2O2. The molecule has 1 fully saturated rings. The summed E-state index contributed by atoms with van der Waals surface area (Å²) in [6, 6.07) is 0. The van der Waals surface area contributed by atoms with Gasteiger partial charge in [-0.1, -0.05) is 0 Å². The Morgan fingerprint density at radius 2 is 2.64 bits per heavy atom. The predicted molar refractivity (Wildman–Crippen MR) is 51.2 cm³/mol. The van der Waals surface area contributed by atoms with Crippen molar-refractivity contribution in [3.8, 4) is 0 Å². The van der Waals surface area contributed by atoms with Gasteiger partial charge in [0.25, 0.3) is 0 Å². The molecular weight excluding hydrogens is 180 g/mol. The standard InChI is InChI=1S/C10H14N2O2/c13-7-10-4-11-12(6-10)5-9-2-1-3-14-8-9/h4,6-7,9H,1-3,5,8H2/t9-/m0/s1. The van der Waals surface area contributed by atoms with E-state index in [4.69, 9.17) is 4.74 Å². The lowest BCUT2D eigenvalue weighted by Crippen LogP contribution is -2.22. The molecule has 1 aliphatic rings. The van der Waals surface area contributed by atoms with E-state index in [2.05, 4.69) is 5.10 Å². The van der Waals surface area contributed by atoms with E-state index in [1.54, 1.807) is 12.4 Å². The molecule has 1 atom stereocenters. The first-order valence-electron chi connectivity index (χ1n) is 4.94. The Balaban J connectivity index is 1.92. The topological polar surface area (TPSA) is 44.1 Å². The molecule has 1 aromatic rings. The molecule has 76 valence electrons. The number of nitrogens with zero attached hydrogens (tertiary/aromatic N) is 2. The highest BCUT2D eigenvalue weighted by Crippen LogP contribution is 2.15. The van der Waals surface area contributed by atoms with Gasteiger partial charge in [0.15, 0.2) is 6.29 Å². The summed E-state index contributed by atoms with van der Waals surface area (Å²) in [5.74, 6) is 0.545. The smallest absolute Gasteiger partial charge is 0.153 e. The summed E-state index contributed by atoms with van der Waals surface area (Å²) < 4.78 is 7.20. The van der Waals surface area contributed by atoms with E-state index in [1.165, 1.54) is 6.42 Å². The fraction of sp³-hybridized carbons (Fsp3) is 0.600. The summed E-state index contributed by atoms with van der Waals surface area (Å²) in [6.07, 6.45) is 6.52. The van der Waals surface area contributed by atoms with Crippen molar-refractivity contribution >= 4 is 6.29 Å². The minimum Gasteiger partial charge on any atom is -0.381 e. The lowest BCUT2D eigenvalue weighted by atomic mass is 10.0. The number of ether oxygens (including phenoxy) is 1. The van der Waals surface area contributed by atoms with Crippen molar-refractivity contribution in [2.24, 2.45) is 5.92 Å². The Labute approximate surface area is 82.9 Å². The quantitative estimate of drug-likeness (QED) is 0.677. The van der Waals surface area contributed by atoms with Crippen LogP contribution in [0.25, 0.3) is 0 Å². The van der Waals surface area contributed by atoms with Crippen molar-refractivity contribution in [1.29, 1.82) is 0 Å². The van der Waals surface area contributed by atoms with Gasteiger partial charge < -0.3 is 4.74 Å². The van der Waals surface area contributed by atoms with Gasteiger partial charge in [0.2, 0.25) is 0 Å². The van der Waals surface area contributed by atoms with Crippen LogP contribution in [-0.2, 0) is 11.3 Å². The number of aromatic nitrogens is 2. The minimum absolute atomic E-state index is 0.545. The Bertz CT molecular complexity index is 303. The zero-order valence-electron chi connectivity index (χ0n) is 8.06. The summed E-state index contributed by atoms with van der Waals surface area (Å²) in [4.78, 5) is 10.4. The Morgan fingerprint density at radius 1 is 1.71 bits per heavy atom. The average molecular weight is 194 g/mol. The first-order chi connectivity index (χ1) is 6.88. The first-order valence-corrected chi connectivity index (χ1v) is 4.94. The second-order valence-corrected chi connectivity index (χ2v) is 3.70. The van der Waals surface area contributed by atoms with E-state index in [9.17, 15) is 4.79 Å². The van der Waals surface area contributed by atoms with E-state index in [0.29, 0.717) is 11.5 Å². The SMILES string of the molecule is O=Cc1cnn(C[C@@H]2CCCOC2)c1. The zero-order valence-corrected chi connectivity index (χ0v) is 8.06. The van der Waals surface area contributed by atoms with Crippen LogP contribution in [0.5, 0.6) is 0 Å². The van der Waals surface area contributed by atoms with Gasteiger partial charge in [-0.15, -0.1) is 0 Å². The van der Waals surface area contributed by atoms with E-state index < -0.39 is 0 Å². The highest BCUT2D eigenvalue weighted by atomic mass is 16.5. The van der Waals surface area contributed by atoms with Crippen molar-refractivity contribution in [2.75, 3.05) is 13.2 Å². The molecule has 0 aliphatic carbocycles. The molecule has 0 amide bonds. The molecule has 0 bridgehead atoms. The summed E-state index contributed by atoms with van der Waals surface area (Å²) in [5, 5.41) is 4.11. The largest absolute Gasteiger partial charge is 0.381 e. The molecule has 0 N–H and O–H groups in total. The van der Waals surface area contributed by atoms with Crippen molar-refractivity contribution in [3.05, 3.63) is 18.0 Å². The second-order valence-electron chi connectivity index (χ2n) is 3.70. The monoisotopic (exact) mass is 194 g/mol. The molecule has 0 saturated carbocycles. The maximum Gasteiger partial charge on any atom is 0.153 e. The number of carbonyl (C=O) groups is 1. The van der Waals surface area contributed by atoms with Gasteiger partial charge in [-0.05, 0) is 12.8 Å². The molecule has 2 heterocycles. The van der Waals surface area contributed by atoms with Gasteiger partial charge in [0.05, 0.1) is 18.4 Å². The predicted octanol–water partition coefficient (Wildman–Crippen LogP) is 1.12. The van der Waals surface area contributed by atoms with Gasteiger partial charge >= 0.3 is 0 Å². The maximum absolute atomic E-state index is 10.4. The molecule has 4 nitrogen and oxygen atoms in total. The third-order valence-electron chi connectivity index (χ3n) is 2.49. The fourth-order valence-electron chi connectivity index (χ4n) is 1.76. The average Bonchev–Trinajstić information content (AvgIpc) is 2.67. The van der Waals surface area contributed by atoms with E-state index >= 15 is 0 Å². The molecule has 0 radical (unpaired) electrons. The first kappa shape index (κ1) is 9.40. The molecule has 0 aromatic carbocycles. The van der Waals surface area contributed by atoms with E-state index in [1.807, 2.05) is 4.68 Å². The van der Waals surface area contributed by atoms with Crippen LogP contribution in [0.1, 0.15) is 23.2 Å². The number of rotatable bonds is 3. The van der Waals surface area contributed by atoms with Crippen LogP contribution in [0, 0.1) is 5.92 Å². The number of hydrogen-bond donors (Lipinski definition) is 0. The van der Waals surface area contributed by atoms with Crippen molar-refractivity contribution in [3.63, 3.8) is 0 Å². The van der Waals surface area contributed by atoms with Gasteiger partial charge in [-0.2, -0.15) is 5.10 Å². The third kappa shape index (κ3) is 2.20. The van der Waals surface area contributed by atoms with Crippen LogP contribution in [0.2, 0.25) is 0 Å². The Hall–Kier alpha value is -1.16. The summed E-state index contributed by atoms with van der Waals surface area (Å²) in [7, 11) is 0. The maximum atomic E-state index is 10.4. The van der Waals surface area contributed by atoms with Gasteiger partial charge in [-0.3, -0.25) is 9.48 Å². The van der Waals surface area contributed by atoms with Crippen LogP contribution in [0.3, 0.4) is 0 Å². The summed E-state index contributed by atoms with van der Waals surface area (Å²) in [6.45, 7) is 2.55. The normalized spacial score (nSPS) is 22.1. The van der Waals surface area contributed by atoms with Gasteiger partial charge in [0, 0.05) is 25.3 Å². The zero-order chi connectivity index (χ0) is 9.80. The molecule has 1 saturated heterocycles. The molecule has 14 heavy (non-hydrogen) atoms. The molecule has 4 heteroatoms. The van der Waals surface area contributed by atoms with Crippen molar-refractivity contribution < 1.29 is 9.53 Å². The van der Waals surface area contributed by atoms with E-state index in [-0.39, 0.29) is 0 Å². The highest BCUT2D eigenvalue weighted by molar-refractivity contribution is 5.73. The fourth-order valence-corrected chi connectivity index (χ4v) is 1.76. The van der Waals surface area contributed by atoms with Crippen LogP contribution in [0.15, 0.2) is 12.4 Å². The van der Waals surface area contributed by atoms with Crippen LogP contribution in [-0.4, -0.2) is 29.3 Å². The summed E-state index contributed by atoms with van der Waals surface area (Å²) >= 11 is 0. The number of aldehydes is 1. The molecule has 1 aromatic heterocycles. The molecule has 0 unspecified atom stereocenters. The third-order valence-corrected chi connectivity index (χ3v) is 2.49. The number of hydrogen-bond acceptors (Lipinski definition) is 3. The Morgan fingerprint density at radius 3 is 3.29 bits per heavy atom. The lowest BCUT2D eigenvalue weighted by Gasteiger charge is -2.21. The van der Waals surface area contributed by atoms with Crippen molar-refractivity contribution in [1.82, 2.24) is 9.78 Å². The molecule has 2 rings (SSSR count). The Kier molecular flexibility index (Phi) is 2.93.